The first-order valence-electron chi connectivity index (χ1n) is 4.73. The fraction of sp³-hybridized carbons (Fsp3) is 0.250. The number of ether oxygens (including phenoxy) is 2. The molecule has 0 amide bonds. The summed E-state index contributed by atoms with van der Waals surface area (Å²) in [5, 5.41) is 8.62. The van der Waals surface area contributed by atoms with Crippen molar-refractivity contribution in [1.82, 2.24) is 0 Å². The van der Waals surface area contributed by atoms with Crippen molar-refractivity contribution < 1.29 is 19.4 Å². The highest BCUT2D eigenvalue weighted by Gasteiger charge is 2.08. The van der Waals surface area contributed by atoms with E-state index in [4.69, 9.17) is 14.6 Å². The van der Waals surface area contributed by atoms with Gasteiger partial charge in [-0.25, -0.2) is 4.79 Å². The normalized spacial score (nSPS) is 9.62. The second kappa shape index (κ2) is 5.21. The van der Waals surface area contributed by atoms with Gasteiger partial charge in [0.05, 0.1) is 12.7 Å². The van der Waals surface area contributed by atoms with Crippen LogP contribution in [0.25, 0.3) is 0 Å². The van der Waals surface area contributed by atoms with E-state index in [-0.39, 0.29) is 12.2 Å². The predicted molar refractivity (Wildman–Crippen MR) is 60.0 cm³/mol. The molecule has 0 heterocycles. The molecular formula is C12H14O4. The quantitative estimate of drug-likeness (QED) is 0.774. The van der Waals surface area contributed by atoms with E-state index in [0.717, 1.165) is 5.56 Å². The van der Waals surface area contributed by atoms with Crippen LogP contribution in [0.15, 0.2) is 30.4 Å². The van der Waals surface area contributed by atoms with Crippen LogP contribution in [-0.2, 0) is 4.79 Å². The molecule has 0 aliphatic rings. The molecule has 0 atom stereocenters. The van der Waals surface area contributed by atoms with Crippen LogP contribution >= 0.6 is 0 Å². The SMILES string of the molecule is C=C(COc1ccc(C)cc1OC)C(=O)O. The second-order valence-corrected chi connectivity index (χ2v) is 3.35. The van der Waals surface area contributed by atoms with Gasteiger partial charge in [0.1, 0.15) is 6.61 Å². The average Bonchev–Trinajstić information content (AvgIpc) is 2.26. The molecule has 1 N–H and O–H groups in total. The minimum absolute atomic E-state index is 0.00243. The molecule has 1 rings (SSSR count). The molecule has 4 heteroatoms. The van der Waals surface area contributed by atoms with Crippen LogP contribution in [0.2, 0.25) is 0 Å². The Morgan fingerprint density at radius 1 is 1.44 bits per heavy atom. The summed E-state index contributed by atoms with van der Waals surface area (Å²) in [6, 6.07) is 5.42. The Morgan fingerprint density at radius 2 is 2.12 bits per heavy atom. The molecule has 1 aromatic carbocycles. The summed E-state index contributed by atoms with van der Waals surface area (Å²) in [6.45, 7) is 5.25. The Labute approximate surface area is 94.1 Å². The van der Waals surface area contributed by atoms with Gasteiger partial charge in [-0.2, -0.15) is 0 Å². The average molecular weight is 222 g/mol. The Bertz CT molecular complexity index is 409. The van der Waals surface area contributed by atoms with Crippen LogP contribution in [0.4, 0.5) is 0 Å². The maximum Gasteiger partial charge on any atom is 0.334 e. The van der Waals surface area contributed by atoms with Crippen molar-refractivity contribution in [2.75, 3.05) is 13.7 Å². The molecule has 0 spiro atoms. The van der Waals surface area contributed by atoms with Crippen molar-refractivity contribution in [3.05, 3.63) is 35.9 Å². The van der Waals surface area contributed by atoms with Crippen LogP contribution < -0.4 is 9.47 Å². The van der Waals surface area contributed by atoms with E-state index >= 15 is 0 Å². The molecule has 0 aliphatic heterocycles. The van der Waals surface area contributed by atoms with Crippen molar-refractivity contribution in [3.8, 4) is 11.5 Å². The standard InChI is InChI=1S/C12H14O4/c1-8-4-5-10(11(6-8)15-3)16-7-9(2)12(13)14/h4-6H,2,7H2,1,3H3,(H,13,14). The minimum atomic E-state index is -1.06. The molecule has 0 unspecified atom stereocenters. The van der Waals surface area contributed by atoms with Gasteiger partial charge in [-0.1, -0.05) is 12.6 Å². The Hall–Kier alpha value is -1.97. The van der Waals surface area contributed by atoms with Crippen LogP contribution in [-0.4, -0.2) is 24.8 Å². The largest absolute Gasteiger partial charge is 0.493 e. The van der Waals surface area contributed by atoms with E-state index in [9.17, 15) is 4.79 Å². The molecule has 0 radical (unpaired) electrons. The zero-order valence-electron chi connectivity index (χ0n) is 9.32. The topological polar surface area (TPSA) is 55.8 Å². The first kappa shape index (κ1) is 12.1. The number of hydrogen-bond acceptors (Lipinski definition) is 3. The third-order valence-corrected chi connectivity index (χ3v) is 2.02. The van der Waals surface area contributed by atoms with Crippen molar-refractivity contribution in [2.24, 2.45) is 0 Å². The fourth-order valence-corrected chi connectivity index (χ4v) is 1.12. The molecule has 0 aromatic heterocycles. The number of methoxy groups -OCH3 is 1. The van der Waals surface area contributed by atoms with Gasteiger partial charge in [-0.15, -0.1) is 0 Å². The lowest BCUT2D eigenvalue weighted by Crippen LogP contribution is -2.09. The third-order valence-electron chi connectivity index (χ3n) is 2.02. The molecule has 0 fully saturated rings. The molecular weight excluding hydrogens is 208 g/mol. The van der Waals surface area contributed by atoms with Crippen LogP contribution in [0, 0.1) is 6.92 Å². The minimum Gasteiger partial charge on any atom is -0.493 e. The fourth-order valence-electron chi connectivity index (χ4n) is 1.12. The summed E-state index contributed by atoms with van der Waals surface area (Å²) in [5.41, 5.74) is 1.05. The Morgan fingerprint density at radius 3 is 2.69 bits per heavy atom. The van der Waals surface area contributed by atoms with Crippen LogP contribution in [0.1, 0.15) is 5.56 Å². The maximum absolute atomic E-state index is 10.5. The number of carboxylic acids is 1. The lowest BCUT2D eigenvalue weighted by atomic mass is 10.2. The lowest BCUT2D eigenvalue weighted by Gasteiger charge is -2.10. The molecule has 16 heavy (non-hydrogen) atoms. The third kappa shape index (κ3) is 3.02. The molecule has 86 valence electrons. The predicted octanol–water partition coefficient (Wildman–Crippen LogP) is 2.02. The zero-order valence-corrected chi connectivity index (χ0v) is 9.32. The van der Waals surface area contributed by atoms with Gasteiger partial charge in [-0.05, 0) is 24.6 Å². The molecule has 1 aromatic rings. The summed E-state index contributed by atoms with van der Waals surface area (Å²) < 4.78 is 10.4. The zero-order chi connectivity index (χ0) is 12.1. The number of carbonyl (C=O) groups is 1. The number of aryl methyl sites for hydroxylation is 1. The van der Waals surface area contributed by atoms with Crippen molar-refractivity contribution in [1.29, 1.82) is 0 Å². The Balaban J connectivity index is 2.74. The van der Waals surface area contributed by atoms with Crippen molar-refractivity contribution in [3.63, 3.8) is 0 Å². The van der Waals surface area contributed by atoms with Gasteiger partial charge in [0.2, 0.25) is 0 Å². The summed E-state index contributed by atoms with van der Waals surface area (Å²) in [7, 11) is 1.54. The number of hydrogen-bond donors (Lipinski definition) is 1. The van der Waals surface area contributed by atoms with Gasteiger partial charge in [0, 0.05) is 0 Å². The van der Waals surface area contributed by atoms with Gasteiger partial charge in [0.25, 0.3) is 0 Å². The van der Waals surface area contributed by atoms with E-state index in [2.05, 4.69) is 6.58 Å². The van der Waals surface area contributed by atoms with E-state index in [1.54, 1.807) is 6.07 Å². The first-order valence-corrected chi connectivity index (χ1v) is 4.73. The van der Waals surface area contributed by atoms with E-state index in [0.29, 0.717) is 11.5 Å². The maximum atomic E-state index is 10.5. The summed E-state index contributed by atoms with van der Waals surface area (Å²) in [4.78, 5) is 10.5. The number of benzene rings is 1. The monoisotopic (exact) mass is 222 g/mol. The van der Waals surface area contributed by atoms with Crippen LogP contribution in [0.3, 0.4) is 0 Å². The summed E-state index contributed by atoms with van der Waals surface area (Å²) >= 11 is 0. The number of aliphatic carboxylic acids is 1. The van der Waals surface area contributed by atoms with Gasteiger partial charge < -0.3 is 14.6 Å². The highest BCUT2D eigenvalue weighted by Crippen LogP contribution is 2.27. The summed E-state index contributed by atoms with van der Waals surface area (Å²) in [5.74, 6) is 0.0276. The smallest absolute Gasteiger partial charge is 0.334 e. The lowest BCUT2D eigenvalue weighted by molar-refractivity contribution is -0.133. The van der Waals surface area contributed by atoms with Crippen molar-refractivity contribution >= 4 is 5.97 Å². The molecule has 4 nitrogen and oxygen atoms in total. The van der Waals surface area contributed by atoms with E-state index < -0.39 is 5.97 Å². The molecule has 0 saturated carbocycles. The van der Waals surface area contributed by atoms with Gasteiger partial charge >= 0.3 is 5.97 Å². The van der Waals surface area contributed by atoms with Crippen molar-refractivity contribution in [2.45, 2.75) is 6.92 Å². The first-order chi connectivity index (χ1) is 7.54. The molecule has 0 aliphatic carbocycles. The Kier molecular flexibility index (Phi) is 3.94. The van der Waals surface area contributed by atoms with Gasteiger partial charge in [0.15, 0.2) is 11.5 Å². The highest BCUT2D eigenvalue weighted by atomic mass is 16.5. The second-order valence-electron chi connectivity index (χ2n) is 3.35. The van der Waals surface area contributed by atoms with Crippen LogP contribution in [0.5, 0.6) is 11.5 Å². The summed E-state index contributed by atoms with van der Waals surface area (Å²) in [6.07, 6.45) is 0. The number of carboxylic acid groups (broad SMARTS) is 1. The number of rotatable bonds is 5. The molecule has 0 bridgehead atoms. The van der Waals surface area contributed by atoms with Gasteiger partial charge in [-0.3, -0.25) is 0 Å². The van der Waals surface area contributed by atoms with E-state index in [1.807, 2.05) is 19.1 Å². The highest BCUT2D eigenvalue weighted by molar-refractivity contribution is 5.86. The van der Waals surface area contributed by atoms with E-state index in [1.165, 1.54) is 7.11 Å². The molecule has 0 saturated heterocycles.